The van der Waals surface area contributed by atoms with Crippen LogP contribution in [0.15, 0.2) is 53.0 Å². The van der Waals surface area contributed by atoms with E-state index in [1.54, 1.807) is 12.1 Å². The van der Waals surface area contributed by atoms with Crippen LogP contribution in [0.5, 0.6) is 0 Å². The molecule has 2 aromatic carbocycles. The van der Waals surface area contributed by atoms with Gasteiger partial charge in [0, 0.05) is 16.7 Å². The number of hydrogen-bond donors (Lipinski definition) is 0. The zero-order valence-corrected chi connectivity index (χ0v) is 15.2. The summed E-state index contributed by atoms with van der Waals surface area (Å²) in [5.41, 5.74) is 3.71. The van der Waals surface area contributed by atoms with Gasteiger partial charge in [0.1, 0.15) is 0 Å². The highest BCUT2D eigenvalue weighted by atomic mass is 35.5. The molecule has 0 saturated carbocycles. The minimum absolute atomic E-state index is 0.0867. The van der Waals surface area contributed by atoms with Crippen molar-refractivity contribution in [2.75, 3.05) is 0 Å². The van der Waals surface area contributed by atoms with Gasteiger partial charge in [-0.1, -0.05) is 41.4 Å². The van der Waals surface area contributed by atoms with E-state index in [0.29, 0.717) is 10.9 Å². The molecule has 0 fully saturated rings. The van der Waals surface area contributed by atoms with Gasteiger partial charge in [-0.2, -0.15) is 0 Å². The number of aryl methyl sites for hydroxylation is 2. The molecule has 1 aromatic heterocycles. The minimum atomic E-state index is -0.503. The molecule has 0 unspecified atom stereocenters. The van der Waals surface area contributed by atoms with Gasteiger partial charge in [0.25, 0.3) is 5.89 Å². The van der Waals surface area contributed by atoms with E-state index in [4.69, 9.17) is 20.8 Å². The molecule has 0 aliphatic heterocycles. The summed E-state index contributed by atoms with van der Waals surface area (Å²) < 4.78 is 10.6. The van der Waals surface area contributed by atoms with Crippen molar-refractivity contribution < 1.29 is 13.9 Å². The van der Waals surface area contributed by atoms with Crippen LogP contribution in [-0.4, -0.2) is 16.2 Å². The molecule has 0 saturated heterocycles. The van der Waals surface area contributed by atoms with Crippen LogP contribution in [-0.2, 0) is 16.1 Å². The van der Waals surface area contributed by atoms with Crippen molar-refractivity contribution in [1.82, 2.24) is 10.2 Å². The summed E-state index contributed by atoms with van der Waals surface area (Å²) in [6, 6.07) is 13.3. The van der Waals surface area contributed by atoms with Crippen molar-refractivity contribution in [3.8, 4) is 11.5 Å². The highest BCUT2D eigenvalue weighted by Gasteiger charge is 2.10. The predicted octanol–water partition coefficient (Wildman–Crippen LogP) is 4.76. The third-order valence-electron chi connectivity index (χ3n) is 3.68. The van der Waals surface area contributed by atoms with Crippen molar-refractivity contribution in [1.29, 1.82) is 0 Å². The Morgan fingerprint density at radius 3 is 2.81 bits per heavy atom. The van der Waals surface area contributed by atoms with Crippen LogP contribution in [0.1, 0.15) is 22.6 Å². The zero-order chi connectivity index (χ0) is 18.5. The maximum atomic E-state index is 11.8. The Morgan fingerprint density at radius 2 is 2.04 bits per heavy atom. The second kappa shape index (κ2) is 7.97. The van der Waals surface area contributed by atoms with Crippen LogP contribution in [0.25, 0.3) is 17.5 Å². The molecule has 0 atom stereocenters. The fourth-order valence-corrected chi connectivity index (χ4v) is 2.45. The molecule has 0 bridgehead atoms. The molecule has 6 heteroatoms. The van der Waals surface area contributed by atoms with Crippen LogP contribution in [0.2, 0.25) is 5.02 Å². The molecule has 0 aliphatic carbocycles. The van der Waals surface area contributed by atoms with Gasteiger partial charge in [-0.15, -0.1) is 10.2 Å². The third-order valence-corrected chi connectivity index (χ3v) is 4.08. The molecule has 3 rings (SSSR count). The smallest absolute Gasteiger partial charge is 0.331 e. The minimum Gasteiger partial charge on any atom is -0.452 e. The van der Waals surface area contributed by atoms with Crippen molar-refractivity contribution in [2.45, 2.75) is 20.5 Å². The van der Waals surface area contributed by atoms with Gasteiger partial charge >= 0.3 is 5.97 Å². The Kier molecular flexibility index (Phi) is 5.49. The number of halogens is 1. The lowest BCUT2D eigenvalue weighted by Crippen LogP contribution is -2.00. The Balaban J connectivity index is 1.58. The van der Waals surface area contributed by atoms with Crippen LogP contribution in [0.4, 0.5) is 0 Å². The van der Waals surface area contributed by atoms with Gasteiger partial charge < -0.3 is 9.15 Å². The van der Waals surface area contributed by atoms with Crippen LogP contribution in [0, 0.1) is 13.8 Å². The summed E-state index contributed by atoms with van der Waals surface area (Å²) >= 11 is 6.06. The van der Waals surface area contributed by atoms with E-state index in [0.717, 1.165) is 22.3 Å². The average Bonchev–Trinajstić information content (AvgIpc) is 3.10. The van der Waals surface area contributed by atoms with Gasteiger partial charge in [-0.25, -0.2) is 4.79 Å². The van der Waals surface area contributed by atoms with Gasteiger partial charge in [0.05, 0.1) is 0 Å². The maximum Gasteiger partial charge on any atom is 0.331 e. The lowest BCUT2D eigenvalue weighted by atomic mass is 10.1. The van der Waals surface area contributed by atoms with Crippen molar-refractivity contribution >= 4 is 23.6 Å². The van der Waals surface area contributed by atoms with E-state index in [-0.39, 0.29) is 12.5 Å². The molecular weight excluding hydrogens is 352 g/mol. The largest absolute Gasteiger partial charge is 0.452 e. The summed E-state index contributed by atoms with van der Waals surface area (Å²) in [6.45, 7) is 3.81. The van der Waals surface area contributed by atoms with Gasteiger partial charge in [-0.05, 0) is 49.2 Å². The first-order valence-electron chi connectivity index (χ1n) is 8.02. The predicted molar refractivity (Wildman–Crippen MR) is 99.5 cm³/mol. The van der Waals surface area contributed by atoms with Crippen LogP contribution < -0.4 is 0 Å². The molecule has 26 heavy (non-hydrogen) atoms. The Labute approximate surface area is 156 Å². The monoisotopic (exact) mass is 368 g/mol. The standard InChI is InChI=1S/C20H17ClN2O3/c1-13-4-3-5-16(10-13)20-23-22-18(26-20)12-25-19(24)9-8-15-7-6-14(2)17(21)11-15/h3-11H,12H2,1-2H3/b9-8+. The van der Waals surface area contributed by atoms with Crippen molar-refractivity contribution in [3.05, 3.63) is 76.1 Å². The SMILES string of the molecule is Cc1cccc(-c2nnc(COC(=O)/C=C/c3ccc(C)c(Cl)c3)o2)c1. The third kappa shape index (κ3) is 4.58. The van der Waals surface area contributed by atoms with E-state index >= 15 is 0 Å². The second-order valence-corrected chi connectivity index (χ2v) is 6.23. The summed E-state index contributed by atoms with van der Waals surface area (Å²) in [4.78, 5) is 11.8. The number of carbonyl (C=O) groups is 1. The number of rotatable bonds is 5. The maximum absolute atomic E-state index is 11.8. The number of carbonyl (C=O) groups excluding carboxylic acids is 1. The van der Waals surface area contributed by atoms with E-state index < -0.39 is 5.97 Å². The molecule has 132 valence electrons. The molecule has 0 amide bonds. The number of esters is 1. The summed E-state index contributed by atoms with van der Waals surface area (Å²) in [5, 5.41) is 8.52. The second-order valence-electron chi connectivity index (χ2n) is 5.82. The molecule has 5 nitrogen and oxygen atoms in total. The van der Waals surface area contributed by atoms with Crippen molar-refractivity contribution in [2.24, 2.45) is 0 Å². The molecule has 0 N–H and O–H groups in total. The van der Waals surface area contributed by atoms with Crippen LogP contribution in [0.3, 0.4) is 0 Å². The first-order chi connectivity index (χ1) is 12.5. The quantitative estimate of drug-likeness (QED) is 0.479. The van der Waals surface area contributed by atoms with E-state index in [1.165, 1.54) is 6.08 Å². The number of nitrogens with zero attached hydrogens (tertiary/aromatic N) is 2. The topological polar surface area (TPSA) is 65.2 Å². The number of benzene rings is 2. The molecule has 3 aromatic rings. The van der Waals surface area contributed by atoms with Gasteiger partial charge in [0.2, 0.25) is 5.89 Å². The summed E-state index contributed by atoms with van der Waals surface area (Å²) in [6.07, 6.45) is 2.97. The average molecular weight is 369 g/mol. The zero-order valence-electron chi connectivity index (χ0n) is 14.4. The van der Waals surface area contributed by atoms with Gasteiger partial charge in [0.15, 0.2) is 6.61 Å². The first kappa shape index (κ1) is 17.9. The first-order valence-corrected chi connectivity index (χ1v) is 8.39. The fraction of sp³-hybridized carbons (Fsp3) is 0.150. The molecule has 0 spiro atoms. The summed E-state index contributed by atoms with van der Waals surface area (Å²) in [7, 11) is 0. The van der Waals surface area contributed by atoms with E-state index in [1.807, 2.05) is 50.2 Å². The molecule has 0 aliphatic rings. The number of hydrogen-bond acceptors (Lipinski definition) is 5. The molecule has 0 radical (unpaired) electrons. The Bertz CT molecular complexity index is 963. The Hall–Kier alpha value is -2.92. The molecule has 1 heterocycles. The lowest BCUT2D eigenvalue weighted by molar-refractivity contribution is -0.139. The highest BCUT2D eigenvalue weighted by Crippen LogP contribution is 2.19. The number of aromatic nitrogens is 2. The number of ether oxygens (including phenoxy) is 1. The Morgan fingerprint density at radius 1 is 1.19 bits per heavy atom. The van der Waals surface area contributed by atoms with E-state index in [2.05, 4.69) is 10.2 Å². The van der Waals surface area contributed by atoms with Crippen molar-refractivity contribution in [3.63, 3.8) is 0 Å². The van der Waals surface area contributed by atoms with Crippen LogP contribution >= 0.6 is 11.6 Å². The summed E-state index contributed by atoms with van der Waals surface area (Å²) in [5.74, 6) is 0.128. The fourth-order valence-electron chi connectivity index (χ4n) is 2.26. The normalized spacial score (nSPS) is 11.0. The lowest BCUT2D eigenvalue weighted by Gasteiger charge is -2.00. The van der Waals surface area contributed by atoms with E-state index in [9.17, 15) is 4.79 Å². The molecular formula is C20H17ClN2O3. The highest BCUT2D eigenvalue weighted by molar-refractivity contribution is 6.31. The van der Waals surface area contributed by atoms with Gasteiger partial charge in [-0.3, -0.25) is 0 Å².